The second-order valence-corrected chi connectivity index (χ2v) is 7.87. The van der Waals surface area contributed by atoms with Gasteiger partial charge in [-0.1, -0.05) is 29.3 Å². The van der Waals surface area contributed by atoms with Gasteiger partial charge in [-0.25, -0.2) is 0 Å². The number of aromatic amines is 1. The molecule has 4 rings (SSSR count). The van der Waals surface area contributed by atoms with Crippen molar-refractivity contribution in [2.45, 2.75) is 12.8 Å². The summed E-state index contributed by atoms with van der Waals surface area (Å²) in [5, 5.41) is 12.4. The van der Waals surface area contributed by atoms with Crippen molar-refractivity contribution in [2.75, 3.05) is 25.5 Å². The second-order valence-electron chi connectivity index (χ2n) is 7.02. The first-order valence-electron chi connectivity index (χ1n) is 8.94. The SMILES string of the molecule is CN1CCC(C(=O)Nc2n[nH]c3ccc(-c4cc(Cl)ccc4Cl)cc23)CC1.Cl. The highest BCUT2D eigenvalue weighted by molar-refractivity contribution is 6.35. The summed E-state index contributed by atoms with van der Waals surface area (Å²) >= 11 is 12.5. The Morgan fingerprint density at radius 2 is 1.93 bits per heavy atom. The van der Waals surface area contributed by atoms with Gasteiger partial charge in [0.1, 0.15) is 0 Å². The molecule has 5 nitrogen and oxygen atoms in total. The summed E-state index contributed by atoms with van der Waals surface area (Å²) in [5.74, 6) is 0.607. The van der Waals surface area contributed by atoms with Crippen LogP contribution >= 0.6 is 35.6 Å². The normalized spacial score (nSPS) is 15.4. The van der Waals surface area contributed by atoms with Gasteiger partial charge in [-0.15, -0.1) is 12.4 Å². The number of aromatic nitrogens is 2. The quantitative estimate of drug-likeness (QED) is 0.587. The van der Waals surface area contributed by atoms with Gasteiger partial charge in [-0.2, -0.15) is 5.10 Å². The lowest BCUT2D eigenvalue weighted by atomic mass is 9.96. The van der Waals surface area contributed by atoms with Crippen LogP contribution in [0.1, 0.15) is 12.8 Å². The third-order valence-electron chi connectivity index (χ3n) is 5.13. The molecule has 1 aliphatic heterocycles. The minimum atomic E-state index is 0. The van der Waals surface area contributed by atoms with E-state index in [2.05, 4.69) is 27.5 Å². The largest absolute Gasteiger partial charge is 0.308 e. The molecule has 3 aromatic rings. The maximum atomic E-state index is 12.6. The maximum Gasteiger partial charge on any atom is 0.228 e. The van der Waals surface area contributed by atoms with Crippen molar-refractivity contribution < 1.29 is 4.79 Å². The Morgan fingerprint density at radius 1 is 1.18 bits per heavy atom. The molecule has 148 valence electrons. The maximum absolute atomic E-state index is 12.6. The van der Waals surface area contributed by atoms with E-state index in [4.69, 9.17) is 23.2 Å². The lowest BCUT2D eigenvalue weighted by Gasteiger charge is -2.27. The molecule has 1 aliphatic rings. The minimum Gasteiger partial charge on any atom is -0.308 e. The molecule has 2 N–H and O–H groups in total. The topological polar surface area (TPSA) is 61.0 Å². The van der Waals surface area contributed by atoms with Gasteiger partial charge in [-0.05, 0) is 68.9 Å². The number of hydrogen-bond acceptors (Lipinski definition) is 3. The zero-order chi connectivity index (χ0) is 19.0. The summed E-state index contributed by atoms with van der Waals surface area (Å²) in [5.41, 5.74) is 2.63. The molecular formula is C20H21Cl3N4O. The number of carbonyl (C=O) groups excluding carboxylic acids is 1. The summed E-state index contributed by atoms with van der Waals surface area (Å²) in [7, 11) is 2.08. The van der Waals surface area contributed by atoms with Crippen LogP contribution in [0.4, 0.5) is 5.82 Å². The number of amides is 1. The van der Waals surface area contributed by atoms with Crippen LogP contribution in [0.2, 0.25) is 10.0 Å². The highest BCUT2D eigenvalue weighted by Crippen LogP contribution is 2.34. The zero-order valence-corrected chi connectivity index (χ0v) is 17.7. The number of H-pyrrole nitrogens is 1. The monoisotopic (exact) mass is 438 g/mol. The number of anilines is 1. The Labute approximate surface area is 179 Å². The molecule has 1 fully saturated rings. The molecule has 0 aliphatic carbocycles. The number of rotatable bonds is 3. The smallest absolute Gasteiger partial charge is 0.228 e. The first kappa shape index (κ1) is 20.9. The third kappa shape index (κ3) is 4.28. The molecular weight excluding hydrogens is 419 g/mol. The summed E-state index contributed by atoms with van der Waals surface area (Å²) in [4.78, 5) is 14.9. The van der Waals surface area contributed by atoms with Gasteiger partial charge >= 0.3 is 0 Å². The second kappa shape index (κ2) is 8.70. The van der Waals surface area contributed by atoms with Gasteiger partial charge < -0.3 is 10.2 Å². The van der Waals surface area contributed by atoms with E-state index in [-0.39, 0.29) is 24.2 Å². The molecule has 0 saturated carbocycles. The summed E-state index contributed by atoms with van der Waals surface area (Å²) < 4.78 is 0. The molecule has 28 heavy (non-hydrogen) atoms. The molecule has 0 bridgehead atoms. The third-order valence-corrected chi connectivity index (χ3v) is 5.70. The molecule has 1 amide bonds. The Balaban J connectivity index is 0.00000225. The van der Waals surface area contributed by atoms with Crippen LogP contribution in [-0.2, 0) is 4.79 Å². The van der Waals surface area contributed by atoms with Crippen molar-refractivity contribution in [1.82, 2.24) is 15.1 Å². The van der Waals surface area contributed by atoms with E-state index in [9.17, 15) is 4.79 Å². The molecule has 0 radical (unpaired) electrons. The van der Waals surface area contributed by atoms with Gasteiger partial charge in [0.2, 0.25) is 5.91 Å². The molecule has 0 atom stereocenters. The predicted octanol–water partition coefficient (Wildman–Crippen LogP) is 5.24. The van der Waals surface area contributed by atoms with E-state index in [1.54, 1.807) is 12.1 Å². The van der Waals surface area contributed by atoms with Gasteiger partial charge in [-0.3, -0.25) is 9.89 Å². The number of hydrogen-bond donors (Lipinski definition) is 2. The zero-order valence-electron chi connectivity index (χ0n) is 15.3. The van der Waals surface area contributed by atoms with E-state index < -0.39 is 0 Å². The van der Waals surface area contributed by atoms with E-state index in [0.29, 0.717) is 15.9 Å². The highest BCUT2D eigenvalue weighted by Gasteiger charge is 2.24. The van der Waals surface area contributed by atoms with Crippen LogP contribution in [0, 0.1) is 5.92 Å². The van der Waals surface area contributed by atoms with Crippen molar-refractivity contribution in [1.29, 1.82) is 0 Å². The first-order valence-corrected chi connectivity index (χ1v) is 9.70. The summed E-state index contributed by atoms with van der Waals surface area (Å²) in [6.07, 6.45) is 1.74. The van der Waals surface area contributed by atoms with Crippen LogP contribution in [0.25, 0.3) is 22.0 Å². The van der Waals surface area contributed by atoms with Crippen molar-refractivity contribution in [3.63, 3.8) is 0 Å². The van der Waals surface area contributed by atoms with Crippen LogP contribution in [-0.4, -0.2) is 41.1 Å². The lowest BCUT2D eigenvalue weighted by Crippen LogP contribution is -2.36. The van der Waals surface area contributed by atoms with Crippen LogP contribution < -0.4 is 5.32 Å². The van der Waals surface area contributed by atoms with Crippen molar-refractivity contribution >= 4 is 58.2 Å². The fourth-order valence-corrected chi connectivity index (χ4v) is 3.88. The Bertz CT molecular complexity index is 996. The van der Waals surface area contributed by atoms with Crippen molar-refractivity contribution in [3.8, 4) is 11.1 Å². The number of nitrogens with one attached hydrogen (secondary N) is 2. The lowest BCUT2D eigenvalue weighted by molar-refractivity contribution is -0.121. The average Bonchev–Trinajstić information content (AvgIpc) is 3.06. The number of nitrogens with zero attached hydrogens (tertiary/aromatic N) is 2. The minimum absolute atomic E-state index is 0. The molecule has 1 aromatic heterocycles. The summed E-state index contributed by atoms with van der Waals surface area (Å²) in [6, 6.07) is 11.2. The first-order chi connectivity index (χ1) is 13.0. The average molecular weight is 440 g/mol. The highest BCUT2D eigenvalue weighted by atomic mass is 35.5. The molecule has 2 heterocycles. The van der Waals surface area contributed by atoms with Crippen LogP contribution in [0.3, 0.4) is 0 Å². The van der Waals surface area contributed by atoms with E-state index >= 15 is 0 Å². The van der Waals surface area contributed by atoms with E-state index in [0.717, 1.165) is 48.0 Å². The van der Waals surface area contributed by atoms with Gasteiger partial charge in [0.15, 0.2) is 5.82 Å². The molecule has 1 saturated heterocycles. The standard InChI is InChI=1S/C20H20Cl2N4O.ClH/c1-26-8-6-12(7-9-26)20(27)23-19-16-10-13(2-5-18(16)24-25-19)15-11-14(21)3-4-17(15)22;/h2-5,10-12H,6-9H2,1H3,(H2,23,24,25,27);1H. The number of halogens is 3. The van der Waals surface area contributed by atoms with Crippen molar-refractivity contribution in [2.24, 2.45) is 5.92 Å². The predicted molar refractivity (Wildman–Crippen MR) is 118 cm³/mol. The van der Waals surface area contributed by atoms with Crippen LogP contribution in [0.5, 0.6) is 0 Å². The Kier molecular flexibility index (Phi) is 6.50. The van der Waals surface area contributed by atoms with E-state index in [1.807, 2.05) is 24.3 Å². The fraction of sp³-hybridized carbons (Fsp3) is 0.300. The number of carbonyl (C=O) groups is 1. The van der Waals surface area contributed by atoms with Crippen LogP contribution in [0.15, 0.2) is 36.4 Å². The molecule has 0 unspecified atom stereocenters. The number of benzene rings is 2. The molecule has 8 heteroatoms. The fourth-order valence-electron chi connectivity index (χ4n) is 3.49. The van der Waals surface area contributed by atoms with Gasteiger partial charge in [0, 0.05) is 26.9 Å². The van der Waals surface area contributed by atoms with Gasteiger partial charge in [0.05, 0.1) is 5.52 Å². The summed E-state index contributed by atoms with van der Waals surface area (Å²) in [6.45, 7) is 1.88. The number of fused-ring (bicyclic) bond motifs is 1. The van der Waals surface area contributed by atoms with Crippen molar-refractivity contribution in [3.05, 3.63) is 46.4 Å². The molecule has 0 spiro atoms. The number of piperidine rings is 1. The van der Waals surface area contributed by atoms with E-state index in [1.165, 1.54) is 0 Å². The van der Waals surface area contributed by atoms with Gasteiger partial charge in [0.25, 0.3) is 0 Å². The Hall–Kier alpha value is -1.79. The Morgan fingerprint density at radius 3 is 2.68 bits per heavy atom. The molecule has 2 aromatic carbocycles. The number of likely N-dealkylation sites (tertiary alicyclic amines) is 1.